The highest BCUT2D eigenvalue weighted by Crippen LogP contribution is 2.24. The number of nitrogens with zero attached hydrogens (tertiary/aromatic N) is 2. The minimum Gasteiger partial charge on any atom is -0.483 e. The molecule has 2 N–H and O–H groups in total. The number of nitrogens with one attached hydrogen (secondary N) is 2. The number of halogens is 2. The maximum atomic E-state index is 13.2. The molecule has 9 nitrogen and oxygen atoms in total. The van der Waals surface area contributed by atoms with Crippen LogP contribution in [0.3, 0.4) is 0 Å². The Labute approximate surface area is 215 Å². The standard InChI is InChI=1S/C24H30ClFN4O5S/c1-16-13-30(17(2)12-29(16)14-18-4-7-21(26)8-5-18)23(31)15-35-22-9-6-20(25)10-19(22)11-27-24(32)28-36(3,33)34/h4-10,16-17H,11-15H2,1-3H3,(H2,27,28,32)/t16-,17+/m0/s1. The summed E-state index contributed by atoms with van der Waals surface area (Å²) in [6.45, 7) is 5.60. The monoisotopic (exact) mass is 540 g/mol. The Bertz CT molecular complexity index is 1200. The minimum atomic E-state index is -3.70. The van der Waals surface area contributed by atoms with Crippen molar-refractivity contribution in [1.82, 2.24) is 19.8 Å². The number of benzene rings is 2. The van der Waals surface area contributed by atoms with Crippen molar-refractivity contribution in [1.29, 1.82) is 0 Å². The van der Waals surface area contributed by atoms with Gasteiger partial charge in [-0.25, -0.2) is 22.3 Å². The molecule has 196 valence electrons. The van der Waals surface area contributed by atoms with E-state index >= 15 is 0 Å². The quantitative estimate of drug-likeness (QED) is 0.533. The molecule has 3 rings (SSSR count). The molecule has 12 heteroatoms. The van der Waals surface area contributed by atoms with Crippen LogP contribution in [0.5, 0.6) is 5.75 Å². The number of amides is 3. The molecular formula is C24H30ClFN4O5S. The Balaban J connectivity index is 1.57. The summed E-state index contributed by atoms with van der Waals surface area (Å²) in [5.41, 5.74) is 1.50. The molecule has 2 aromatic carbocycles. The van der Waals surface area contributed by atoms with Gasteiger partial charge in [-0.05, 0) is 49.7 Å². The van der Waals surface area contributed by atoms with Gasteiger partial charge < -0.3 is 15.0 Å². The molecule has 0 unspecified atom stereocenters. The molecule has 2 atom stereocenters. The number of urea groups is 1. The predicted molar refractivity (Wildman–Crippen MR) is 135 cm³/mol. The second-order valence-corrected chi connectivity index (χ2v) is 11.1. The third-order valence-corrected chi connectivity index (χ3v) is 6.62. The van der Waals surface area contributed by atoms with Crippen LogP contribution >= 0.6 is 11.6 Å². The Morgan fingerprint density at radius 2 is 1.81 bits per heavy atom. The van der Waals surface area contributed by atoms with Crippen LogP contribution in [0.25, 0.3) is 0 Å². The number of hydrogen-bond donors (Lipinski definition) is 2. The second-order valence-electron chi connectivity index (χ2n) is 8.90. The van der Waals surface area contributed by atoms with Crippen molar-refractivity contribution in [2.75, 3.05) is 26.0 Å². The average molecular weight is 541 g/mol. The molecule has 3 amide bonds. The first-order chi connectivity index (χ1) is 16.9. The van der Waals surface area contributed by atoms with E-state index in [9.17, 15) is 22.4 Å². The van der Waals surface area contributed by atoms with Gasteiger partial charge in [-0.3, -0.25) is 9.69 Å². The van der Waals surface area contributed by atoms with Crippen molar-refractivity contribution >= 4 is 33.6 Å². The van der Waals surface area contributed by atoms with Crippen molar-refractivity contribution in [3.8, 4) is 5.75 Å². The lowest BCUT2D eigenvalue weighted by molar-refractivity contribution is -0.139. The van der Waals surface area contributed by atoms with Crippen LogP contribution in [0, 0.1) is 5.82 Å². The van der Waals surface area contributed by atoms with Gasteiger partial charge in [0.1, 0.15) is 11.6 Å². The molecule has 0 radical (unpaired) electrons. The first kappa shape index (κ1) is 27.7. The SMILES string of the molecule is C[C@@H]1CN(Cc2ccc(F)cc2)[C@@H](C)CN1C(=O)COc1ccc(Cl)cc1CNC(=O)NS(C)(=O)=O. The summed E-state index contributed by atoms with van der Waals surface area (Å²) in [6, 6.07) is 10.3. The number of carbonyl (C=O) groups is 2. The van der Waals surface area contributed by atoms with Crippen molar-refractivity contribution < 1.29 is 27.1 Å². The molecule has 1 aliphatic rings. The zero-order valence-corrected chi connectivity index (χ0v) is 21.9. The summed E-state index contributed by atoms with van der Waals surface area (Å²) >= 11 is 6.06. The highest BCUT2D eigenvalue weighted by atomic mass is 35.5. The van der Waals surface area contributed by atoms with E-state index in [-0.39, 0.29) is 37.0 Å². The van der Waals surface area contributed by atoms with Crippen LogP contribution in [0.1, 0.15) is 25.0 Å². The van der Waals surface area contributed by atoms with Gasteiger partial charge in [-0.1, -0.05) is 23.7 Å². The molecule has 1 heterocycles. The highest BCUT2D eigenvalue weighted by molar-refractivity contribution is 7.89. The van der Waals surface area contributed by atoms with Crippen molar-refractivity contribution in [2.45, 2.75) is 39.0 Å². The molecule has 0 aliphatic carbocycles. The van der Waals surface area contributed by atoms with E-state index in [1.54, 1.807) is 35.2 Å². The molecule has 36 heavy (non-hydrogen) atoms. The van der Waals surface area contributed by atoms with E-state index in [0.717, 1.165) is 11.8 Å². The molecule has 1 fully saturated rings. The topological polar surface area (TPSA) is 108 Å². The van der Waals surface area contributed by atoms with Crippen LogP contribution in [-0.2, 0) is 27.9 Å². The van der Waals surface area contributed by atoms with Gasteiger partial charge in [0.2, 0.25) is 10.0 Å². The fourth-order valence-corrected chi connectivity index (χ4v) is 4.62. The number of sulfonamides is 1. The first-order valence-electron chi connectivity index (χ1n) is 11.4. The fraction of sp³-hybridized carbons (Fsp3) is 0.417. The summed E-state index contributed by atoms with van der Waals surface area (Å²) in [5.74, 6) is -0.102. The highest BCUT2D eigenvalue weighted by Gasteiger charge is 2.32. The van der Waals surface area contributed by atoms with Crippen LogP contribution in [-0.4, -0.2) is 68.2 Å². The lowest BCUT2D eigenvalue weighted by Crippen LogP contribution is -2.58. The van der Waals surface area contributed by atoms with Crippen LogP contribution in [0.15, 0.2) is 42.5 Å². The summed E-state index contributed by atoms with van der Waals surface area (Å²) in [4.78, 5) is 28.8. The van der Waals surface area contributed by atoms with Gasteiger partial charge in [-0.2, -0.15) is 0 Å². The van der Waals surface area contributed by atoms with Crippen molar-refractivity contribution in [2.24, 2.45) is 0 Å². The summed E-state index contributed by atoms with van der Waals surface area (Å²) in [6.07, 6.45) is 0.872. The van der Waals surface area contributed by atoms with E-state index in [0.29, 0.717) is 36.0 Å². The van der Waals surface area contributed by atoms with Gasteiger partial charge in [-0.15, -0.1) is 0 Å². The van der Waals surface area contributed by atoms with E-state index in [1.807, 2.05) is 18.6 Å². The summed E-state index contributed by atoms with van der Waals surface area (Å²) < 4.78 is 43.2. The third-order valence-electron chi connectivity index (χ3n) is 5.83. The fourth-order valence-electron chi connectivity index (χ4n) is 4.02. The van der Waals surface area contributed by atoms with Gasteiger partial charge in [0.05, 0.1) is 6.26 Å². The maximum absolute atomic E-state index is 13.2. The van der Waals surface area contributed by atoms with Crippen LogP contribution < -0.4 is 14.8 Å². The Kier molecular flexibility index (Phi) is 9.15. The molecule has 0 bridgehead atoms. The first-order valence-corrected chi connectivity index (χ1v) is 13.6. The molecule has 0 saturated carbocycles. The van der Waals surface area contributed by atoms with Crippen molar-refractivity contribution in [3.05, 3.63) is 64.4 Å². The smallest absolute Gasteiger partial charge is 0.328 e. The van der Waals surface area contributed by atoms with Crippen molar-refractivity contribution in [3.63, 3.8) is 0 Å². The maximum Gasteiger partial charge on any atom is 0.328 e. The molecule has 0 spiro atoms. The molecule has 0 aromatic heterocycles. The van der Waals surface area contributed by atoms with Gasteiger partial charge in [0.25, 0.3) is 5.91 Å². The van der Waals surface area contributed by atoms with Gasteiger partial charge >= 0.3 is 6.03 Å². The summed E-state index contributed by atoms with van der Waals surface area (Å²) in [7, 11) is -3.70. The second kappa shape index (κ2) is 11.9. The molecular weight excluding hydrogens is 511 g/mol. The normalized spacial score (nSPS) is 18.5. The Morgan fingerprint density at radius 3 is 2.47 bits per heavy atom. The average Bonchev–Trinajstić information content (AvgIpc) is 2.79. The Morgan fingerprint density at radius 1 is 1.11 bits per heavy atom. The van der Waals surface area contributed by atoms with E-state index < -0.39 is 16.1 Å². The van der Waals surface area contributed by atoms with Crippen LogP contribution in [0.4, 0.5) is 9.18 Å². The van der Waals surface area contributed by atoms with Gasteiger partial charge in [0.15, 0.2) is 6.61 Å². The molecule has 1 aliphatic heterocycles. The zero-order chi connectivity index (χ0) is 26.5. The number of carbonyl (C=O) groups excluding carboxylic acids is 2. The molecule has 2 aromatic rings. The summed E-state index contributed by atoms with van der Waals surface area (Å²) in [5, 5.41) is 2.82. The van der Waals surface area contributed by atoms with E-state index in [2.05, 4.69) is 10.2 Å². The molecule has 1 saturated heterocycles. The third kappa shape index (κ3) is 8.07. The van der Waals surface area contributed by atoms with Gasteiger partial charge in [0, 0.05) is 48.8 Å². The zero-order valence-electron chi connectivity index (χ0n) is 20.3. The number of piperazine rings is 1. The lowest BCUT2D eigenvalue weighted by atomic mass is 10.1. The predicted octanol–water partition coefficient (Wildman–Crippen LogP) is 2.74. The van der Waals surface area contributed by atoms with E-state index in [4.69, 9.17) is 16.3 Å². The number of hydrogen-bond acceptors (Lipinski definition) is 6. The van der Waals surface area contributed by atoms with Crippen LogP contribution in [0.2, 0.25) is 5.02 Å². The lowest BCUT2D eigenvalue weighted by Gasteiger charge is -2.44. The van der Waals surface area contributed by atoms with E-state index in [1.165, 1.54) is 12.1 Å². The Hall–Kier alpha value is -2.89. The number of rotatable bonds is 8. The minimum absolute atomic E-state index is 0.0520. The number of ether oxygens (including phenoxy) is 1. The largest absolute Gasteiger partial charge is 0.483 e.